The Labute approximate surface area is 118 Å². The molecule has 98 valence electrons. The van der Waals surface area contributed by atoms with E-state index in [1.165, 1.54) is 5.56 Å². The lowest BCUT2D eigenvalue weighted by Crippen LogP contribution is -2.35. The van der Waals surface area contributed by atoms with Crippen LogP contribution >= 0.6 is 11.6 Å². The first-order valence-corrected chi connectivity index (χ1v) is 7.01. The van der Waals surface area contributed by atoms with E-state index in [1.54, 1.807) is 0 Å². The average molecular weight is 273 g/mol. The van der Waals surface area contributed by atoms with Gasteiger partial charge in [-0.25, -0.2) is 0 Å². The maximum absolute atomic E-state index is 10.8. The largest absolute Gasteiger partial charge is 0.387 e. The van der Waals surface area contributed by atoms with Gasteiger partial charge in [-0.2, -0.15) is 0 Å². The van der Waals surface area contributed by atoms with Gasteiger partial charge < -0.3 is 5.11 Å². The number of aliphatic hydroxyl groups excluding tert-OH is 1. The van der Waals surface area contributed by atoms with Crippen LogP contribution < -0.4 is 0 Å². The molecular weight excluding hydrogens is 256 g/mol. The Morgan fingerprint density at radius 1 is 1.11 bits per heavy atom. The molecule has 19 heavy (non-hydrogen) atoms. The van der Waals surface area contributed by atoms with Crippen LogP contribution in [0.5, 0.6) is 0 Å². The summed E-state index contributed by atoms with van der Waals surface area (Å²) in [7, 11) is 0. The lowest BCUT2D eigenvalue weighted by molar-refractivity contribution is 0.0747. The molecule has 0 saturated heterocycles. The molecule has 1 N–H and O–H groups in total. The third-order valence-corrected chi connectivity index (χ3v) is 4.62. The van der Waals surface area contributed by atoms with E-state index in [1.807, 2.05) is 42.5 Å². The van der Waals surface area contributed by atoms with Crippen LogP contribution in [0.2, 0.25) is 5.02 Å². The van der Waals surface area contributed by atoms with Gasteiger partial charge in [-0.1, -0.05) is 54.9 Å². The molecular formula is C17H17ClO. The van der Waals surface area contributed by atoms with Gasteiger partial charge in [-0.3, -0.25) is 0 Å². The number of fused-ring (bicyclic) bond motifs is 1. The van der Waals surface area contributed by atoms with Gasteiger partial charge in [-0.15, -0.1) is 0 Å². The molecule has 1 nitrogen and oxygen atoms in total. The molecule has 0 bridgehead atoms. The molecule has 1 aliphatic rings. The fourth-order valence-electron chi connectivity index (χ4n) is 3.04. The van der Waals surface area contributed by atoms with E-state index in [0.29, 0.717) is 0 Å². The summed E-state index contributed by atoms with van der Waals surface area (Å²) in [5, 5.41) is 11.5. The number of hydrogen-bond acceptors (Lipinski definition) is 1. The summed E-state index contributed by atoms with van der Waals surface area (Å²) in [6.07, 6.45) is 1.50. The Morgan fingerprint density at radius 2 is 1.79 bits per heavy atom. The van der Waals surface area contributed by atoms with Crippen molar-refractivity contribution in [2.24, 2.45) is 0 Å². The average Bonchev–Trinajstić information content (AvgIpc) is 2.44. The second-order valence-electron chi connectivity index (χ2n) is 5.53. The minimum atomic E-state index is -0.460. The van der Waals surface area contributed by atoms with Gasteiger partial charge in [0.05, 0.1) is 6.10 Å². The number of rotatable bonds is 1. The molecule has 3 rings (SSSR count). The van der Waals surface area contributed by atoms with Gasteiger partial charge in [0.1, 0.15) is 0 Å². The Kier molecular flexibility index (Phi) is 3.12. The van der Waals surface area contributed by atoms with Crippen LogP contribution in [0.15, 0.2) is 48.5 Å². The molecule has 2 atom stereocenters. The van der Waals surface area contributed by atoms with Gasteiger partial charge in [0.2, 0.25) is 0 Å². The van der Waals surface area contributed by atoms with E-state index in [9.17, 15) is 5.11 Å². The SMILES string of the molecule is C[C@@]1(c2ccc(Cl)cc2)CCc2ccccc2[C@@H]1O. The molecule has 1 aliphatic carbocycles. The predicted molar refractivity (Wildman–Crippen MR) is 78.5 cm³/mol. The second kappa shape index (κ2) is 4.66. The number of halogens is 1. The molecule has 2 heteroatoms. The number of benzene rings is 2. The summed E-state index contributed by atoms with van der Waals surface area (Å²) in [5.74, 6) is 0. The van der Waals surface area contributed by atoms with Crippen LogP contribution in [-0.4, -0.2) is 5.11 Å². The van der Waals surface area contributed by atoms with Crippen molar-refractivity contribution >= 4 is 11.6 Å². The summed E-state index contributed by atoms with van der Waals surface area (Å²) in [6, 6.07) is 16.0. The van der Waals surface area contributed by atoms with Crippen LogP contribution in [0, 0.1) is 0 Å². The van der Waals surface area contributed by atoms with Crippen molar-refractivity contribution in [2.75, 3.05) is 0 Å². The number of hydrogen-bond donors (Lipinski definition) is 1. The van der Waals surface area contributed by atoms with E-state index in [0.717, 1.165) is 29.0 Å². The molecule has 0 fully saturated rings. The van der Waals surface area contributed by atoms with E-state index < -0.39 is 6.10 Å². The van der Waals surface area contributed by atoms with Crippen molar-refractivity contribution in [2.45, 2.75) is 31.3 Å². The first-order chi connectivity index (χ1) is 9.11. The Hall–Kier alpha value is -1.31. The molecule has 0 aromatic heterocycles. The van der Waals surface area contributed by atoms with Gasteiger partial charge in [0.15, 0.2) is 0 Å². The monoisotopic (exact) mass is 272 g/mol. The molecule has 0 aliphatic heterocycles. The van der Waals surface area contributed by atoms with Gasteiger partial charge in [-0.05, 0) is 41.7 Å². The molecule has 2 aromatic carbocycles. The highest BCUT2D eigenvalue weighted by molar-refractivity contribution is 6.30. The minimum absolute atomic E-state index is 0.237. The molecule has 2 aromatic rings. The highest BCUT2D eigenvalue weighted by Crippen LogP contribution is 2.45. The Balaban J connectivity index is 2.04. The summed E-state index contributed by atoms with van der Waals surface area (Å²) >= 11 is 5.95. The fraction of sp³-hybridized carbons (Fsp3) is 0.294. The summed E-state index contributed by atoms with van der Waals surface area (Å²) in [6.45, 7) is 2.14. The molecule has 0 heterocycles. The molecule has 0 radical (unpaired) electrons. The van der Waals surface area contributed by atoms with E-state index in [4.69, 9.17) is 11.6 Å². The van der Waals surface area contributed by atoms with E-state index in [-0.39, 0.29) is 5.41 Å². The Bertz CT molecular complexity index is 590. The number of aryl methyl sites for hydroxylation is 1. The van der Waals surface area contributed by atoms with E-state index in [2.05, 4.69) is 13.0 Å². The summed E-state index contributed by atoms with van der Waals surface area (Å²) in [4.78, 5) is 0. The smallest absolute Gasteiger partial charge is 0.0886 e. The zero-order valence-corrected chi connectivity index (χ0v) is 11.7. The first kappa shape index (κ1) is 12.7. The van der Waals surface area contributed by atoms with Gasteiger partial charge >= 0.3 is 0 Å². The third kappa shape index (κ3) is 2.07. The molecule has 0 amide bonds. The predicted octanol–water partition coefficient (Wildman–Crippen LogP) is 4.28. The molecule has 0 saturated carbocycles. The maximum atomic E-state index is 10.8. The van der Waals surface area contributed by atoms with Crippen molar-refractivity contribution in [3.05, 3.63) is 70.2 Å². The normalized spacial score (nSPS) is 25.9. The standard InChI is InChI=1S/C17H17ClO/c1-17(13-6-8-14(18)9-7-13)11-10-12-4-2-3-5-15(12)16(17)19/h2-9,16,19H,10-11H2,1H3/t16-,17-/m0/s1. The van der Waals surface area contributed by atoms with Crippen LogP contribution in [0.1, 0.15) is 36.1 Å². The summed E-state index contributed by atoms with van der Waals surface area (Å²) < 4.78 is 0. The van der Waals surface area contributed by atoms with Crippen molar-refractivity contribution in [1.82, 2.24) is 0 Å². The van der Waals surface area contributed by atoms with Crippen LogP contribution in [0.4, 0.5) is 0 Å². The van der Waals surface area contributed by atoms with Crippen molar-refractivity contribution in [3.63, 3.8) is 0 Å². The zero-order valence-electron chi connectivity index (χ0n) is 10.9. The highest BCUT2D eigenvalue weighted by Gasteiger charge is 2.39. The first-order valence-electron chi connectivity index (χ1n) is 6.63. The Morgan fingerprint density at radius 3 is 2.53 bits per heavy atom. The van der Waals surface area contributed by atoms with Crippen molar-refractivity contribution < 1.29 is 5.11 Å². The lowest BCUT2D eigenvalue weighted by atomic mass is 9.67. The van der Waals surface area contributed by atoms with Crippen molar-refractivity contribution in [3.8, 4) is 0 Å². The van der Waals surface area contributed by atoms with Gasteiger partial charge in [0.25, 0.3) is 0 Å². The molecule has 0 spiro atoms. The van der Waals surface area contributed by atoms with Crippen LogP contribution in [0.25, 0.3) is 0 Å². The van der Waals surface area contributed by atoms with Gasteiger partial charge in [0, 0.05) is 10.4 Å². The lowest BCUT2D eigenvalue weighted by Gasteiger charge is -2.40. The fourth-order valence-corrected chi connectivity index (χ4v) is 3.16. The maximum Gasteiger partial charge on any atom is 0.0886 e. The quantitative estimate of drug-likeness (QED) is 0.822. The third-order valence-electron chi connectivity index (χ3n) is 4.37. The zero-order chi connectivity index (χ0) is 13.5. The van der Waals surface area contributed by atoms with Crippen molar-refractivity contribution in [1.29, 1.82) is 0 Å². The van der Waals surface area contributed by atoms with E-state index >= 15 is 0 Å². The minimum Gasteiger partial charge on any atom is -0.387 e. The molecule has 0 unspecified atom stereocenters. The van der Waals surface area contributed by atoms with Crippen LogP contribution in [0.3, 0.4) is 0 Å². The summed E-state index contributed by atoms with van der Waals surface area (Å²) in [5.41, 5.74) is 3.24. The van der Waals surface area contributed by atoms with Crippen LogP contribution in [-0.2, 0) is 11.8 Å². The highest BCUT2D eigenvalue weighted by atomic mass is 35.5. The second-order valence-corrected chi connectivity index (χ2v) is 5.96. The number of aliphatic hydroxyl groups is 1. The topological polar surface area (TPSA) is 20.2 Å².